The molecule has 20 heavy (non-hydrogen) atoms. The number of carbonyl (C=O) groups is 1. The Hall–Kier alpha value is -1.69. The summed E-state index contributed by atoms with van der Waals surface area (Å²) in [4.78, 5) is 16.9. The summed E-state index contributed by atoms with van der Waals surface area (Å²) in [5, 5.41) is 10.2. The first kappa shape index (κ1) is 14.7. The summed E-state index contributed by atoms with van der Waals surface area (Å²) < 4.78 is 1.65. The Labute approximate surface area is 123 Å². The van der Waals surface area contributed by atoms with Crippen molar-refractivity contribution in [3.8, 4) is 0 Å². The second-order valence-corrected chi connectivity index (χ2v) is 5.99. The van der Waals surface area contributed by atoms with Crippen LogP contribution >= 0.6 is 11.3 Å². The van der Waals surface area contributed by atoms with Crippen LogP contribution in [0.3, 0.4) is 0 Å². The molecule has 0 aliphatic carbocycles. The van der Waals surface area contributed by atoms with Gasteiger partial charge in [-0.2, -0.15) is 5.10 Å². The minimum Gasteiger partial charge on any atom is -0.343 e. The van der Waals surface area contributed by atoms with Gasteiger partial charge >= 0.3 is 0 Å². The van der Waals surface area contributed by atoms with Crippen LogP contribution in [0.15, 0.2) is 23.8 Å². The molecule has 5 nitrogen and oxygen atoms in total. The van der Waals surface area contributed by atoms with Crippen molar-refractivity contribution >= 4 is 17.2 Å². The predicted molar refractivity (Wildman–Crippen MR) is 79.6 cm³/mol. The van der Waals surface area contributed by atoms with Gasteiger partial charge in [-0.3, -0.25) is 9.48 Å². The van der Waals surface area contributed by atoms with E-state index in [0.29, 0.717) is 0 Å². The molecule has 2 rings (SSSR count). The zero-order valence-corrected chi connectivity index (χ0v) is 13.1. The van der Waals surface area contributed by atoms with Crippen molar-refractivity contribution < 1.29 is 4.79 Å². The number of aromatic nitrogens is 3. The molecular weight excluding hydrogens is 272 g/mol. The topological polar surface area (TPSA) is 59.8 Å². The summed E-state index contributed by atoms with van der Waals surface area (Å²) in [6, 6.07) is 1.48. The van der Waals surface area contributed by atoms with Gasteiger partial charge < -0.3 is 5.32 Å². The molecule has 1 amide bonds. The minimum absolute atomic E-state index is 0.0501. The van der Waals surface area contributed by atoms with E-state index < -0.39 is 5.54 Å². The number of hydrogen-bond acceptors (Lipinski definition) is 4. The molecule has 6 heteroatoms. The summed E-state index contributed by atoms with van der Waals surface area (Å²) in [5.41, 5.74) is 0.552. The summed E-state index contributed by atoms with van der Waals surface area (Å²) >= 11 is 1.58. The van der Waals surface area contributed by atoms with E-state index in [4.69, 9.17) is 0 Å². The van der Waals surface area contributed by atoms with Gasteiger partial charge in [-0.05, 0) is 33.3 Å². The van der Waals surface area contributed by atoms with Gasteiger partial charge in [0.15, 0.2) is 0 Å². The van der Waals surface area contributed by atoms with E-state index in [9.17, 15) is 4.79 Å². The summed E-state index contributed by atoms with van der Waals surface area (Å²) in [6.07, 6.45) is 4.26. The van der Waals surface area contributed by atoms with Crippen LogP contribution in [-0.2, 0) is 10.3 Å². The Kier molecular flexibility index (Phi) is 4.23. The van der Waals surface area contributed by atoms with Crippen LogP contribution < -0.4 is 5.32 Å². The lowest BCUT2D eigenvalue weighted by Crippen LogP contribution is -2.45. The molecule has 2 atom stereocenters. The molecule has 0 unspecified atom stereocenters. The molecule has 1 N–H and O–H groups in total. The highest BCUT2D eigenvalue weighted by atomic mass is 32.1. The molecule has 2 heterocycles. The van der Waals surface area contributed by atoms with E-state index in [1.165, 1.54) is 0 Å². The van der Waals surface area contributed by atoms with E-state index in [1.54, 1.807) is 28.4 Å². The molecule has 0 aliphatic rings. The predicted octanol–water partition coefficient (Wildman–Crippen LogP) is 2.65. The van der Waals surface area contributed by atoms with Gasteiger partial charge in [0.2, 0.25) is 5.91 Å². The molecule has 0 bridgehead atoms. The van der Waals surface area contributed by atoms with Crippen LogP contribution in [-0.4, -0.2) is 20.7 Å². The van der Waals surface area contributed by atoms with Crippen molar-refractivity contribution in [2.24, 2.45) is 0 Å². The fourth-order valence-electron chi connectivity index (χ4n) is 1.91. The SMILES string of the molecule is CC[C@](C)(NC(=O)[C@@H](C)n1cccn1)c1nc(C)cs1. The fourth-order valence-corrected chi connectivity index (χ4v) is 2.89. The first-order valence-corrected chi connectivity index (χ1v) is 7.58. The number of rotatable bonds is 5. The second kappa shape index (κ2) is 5.75. The first-order valence-electron chi connectivity index (χ1n) is 6.70. The molecule has 108 valence electrons. The number of thiazole rings is 1. The number of aryl methyl sites for hydroxylation is 1. The highest BCUT2D eigenvalue weighted by Gasteiger charge is 2.31. The van der Waals surface area contributed by atoms with Crippen molar-refractivity contribution in [1.29, 1.82) is 0 Å². The third-order valence-corrected chi connectivity index (χ3v) is 4.72. The molecule has 0 spiro atoms. The normalized spacial score (nSPS) is 15.6. The first-order chi connectivity index (χ1) is 9.46. The molecule has 0 fully saturated rings. The molecule has 0 saturated heterocycles. The lowest BCUT2D eigenvalue weighted by atomic mass is 9.99. The van der Waals surface area contributed by atoms with Gasteiger partial charge in [0.05, 0.1) is 5.54 Å². The van der Waals surface area contributed by atoms with E-state index in [0.717, 1.165) is 17.1 Å². The van der Waals surface area contributed by atoms with Gasteiger partial charge in [-0.1, -0.05) is 6.92 Å². The fraction of sp³-hybridized carbons (Fsp3) is 0.500. The Balaban J connectivity index is 2.15. The van der Waals surface area contributed by atoms with Crippen LogP contribution in [0.2, 0.25) is 0 Å². The van der Waals surface area contributed by atoms with Gasteiger partial charge in [0.25, 0.3) is 0 Å². The van der Waals surface area contributed by atoms with E-state index in [2.05, 4.69) is 22.3 Å². The smallest absolute Gasteiger partial charge is 0.245 e. The zero-order chi connectivity index (χ0) is 14.8. The molecule has 0 aliphatic heterocycles. The van der Waals surface area contributed by atoms with Crippen molar-refractivity contribution in [2.45, 2.75) is 45.7 Å². The van der Waals surface area contributed by atoms with E-state index in [1.807, 2.05) is 32.2 Å². The largest absolute Gasteiger partial charge is 0.343 e. The molecule has 0 aromatic carbocycles. The van der Waals surface area contributed by atoms with Gasteiger partial charge in [0.1, 0.15) is 11.0 Å². The third-order valence-electron chi connectivity index (χ3n) is 3.50. The maximum absolute atomic E-state index is 12.4. The van der Waals surface area contributed by atoms with Gasteiger partial charge in [-0.25, -0.2) is 4.98 Å². The molecular formula is C14H20N4OS. The van der Waals surface area contributed by atoms with Crippen LogP contribution in [0.4, 0.5) is 0 Å². The number of nitrogens with one attached hydrogen (secondary N) is 1. The maximum Gasteiger partial charge on any atom is 0.245 e. The molecule has 0 saturated carbocycles. The lowest BCUT2D eigenvalue weighted by molar-refractivity contribution is -0.126. The molecule has 0 radical (unpaired) electrons. The number of carbonyl (C=O) groups excluding carboxylic acids is 1. The van der Waals surface area contributed by atoms with E-state index in [-0.39, 0.29) is 11.9 Å². The Morgan fingerprint density at radius 2 is 2.35 bits per heavy atom. The van der Waals surface area contributed by atoms with Crippen LogP contribution in [0.5, 0.6) is 0 Å². The van der Waals surface area contributed by atoms with Crippen molar-refractivity contribution in [2.75, 3.05) is 0 Å². The maximum atomic E-state index is 12.4. The van der Waals surface area contributed by atoms with Gasteiger partial charge in [0, 0.05) is 23.5 Å². The zero-order valence-electron chi connectivity index (χ0n) is 12.3. The molecule has 2 aromatic heterocycles. The Morgan fingerprint density at radius 3 is 2.85 bits per heavy atom. The van der Waals surface area contributed by atoms with Crippen LogP contribution in [0.25, 0.3) is 0 Å². The monoisotopic (exact) mass is 292 g/mol. The van der Waals surface area contributed by atoms with Crippen molar-refractivity contribution in [1.82, 2.24) is 20.1 Å². The van der Waals surface area contributed by atoms with Gasteiger partial charge in [-0.15, -0.1) is 11.3 Å². The standard InChI is InChI=1S/C14H20N4OS/c1-5-14(4,13-16-10(2)9-20-13)17-12(19)11(3)18-8-6-7-15-18/h6-9,11H,5H2,1-4H3,(H,17,19)/t11-,14+/m1/s1. The number of amides is 1. The lowest BCUT2D eigenvalue weighted by Gasteiger charge is -2.29. The third kappa shape index (κ3) is 2.90. The van der Waals surface area contributed by atoms with E-state index >= 15 is 0 Å². The Morgan fingerprint density at radius 1 is 1.60 bits per heavy atom. The number of hydrogen-bond donors (Lipinski definition) is 1. The molecule has 2 aromatic rings. The average Bonchev–Trinajstić information content (AvgIpc) is 3.08. The Bertz CT molecular complexity index is 578. The minimum atomic E-state index is -0.433. The second-order valence-electron chi connectivity index (χ2n) is 5.13. The average molecular weight is 292 g/mol. The highest BCUT2D eigenvalue weighted by Crippen LogP contribution is 2.28. The summed E-state index contributed by atoms with van der Waals surface area (Å²) in [5.74, 6) is -0.0501. The van der Waals surface area contributed by atoms with Crippen LogP contribution in [0, 0.1) is 6.92 Å². The number of nitrogens with zero attached hydrogens (tertiary/aromatic N) is 3. The highest BCUT2D eigenvalue weighted by molar-refractivity contribution is 7.09. The summed E-state index contributed by atoms with van der Waals surface area (Å²) in [7, 11) is 0. The van der Waals surface area contributed by atoms with Crippen molar-refractivity contribution in [3.05, 3.63) is 34.5 Å². The quantitative estimate of drug-likeness (QED) is 0.921. The van der Waals surface area contributed by atoms with Crippen molar-refractivity contribution in [3.63, 3.8) is 0 Å². The van der Waals surface area contributed by atoms with Crippen LogP contribution in [0.1, 0.15) is 43.9 Å². The summed E-state index contributed by atoms with van der Waals surface area (Å²) in [6.45, 7) is 7.87.